The maximum atomic E-state index is 11.7. The Balaban J connectivity index is 1.58. The first kappa shape index (κ1) is 17.2. The highest BCUT2D eigenvalue weighted by Gasteiger charge is 2.02. The molecular weight excluding hydrogens is 314 g/mol. The molecule has 0 saturated carbocycles. The monoisotopic (exact) mass is 333 g/mol. The summed E-state index contributed by atoms with van der Waals surface area (Å²) in [7, 11) is 0. The van der Waals surface area contributed by atoms with Crippen molar-refractivity contribution in [3.05, 3.63) is 59.1 Å². The van der Waals surface area contributed by atoms with Gasteiger partial charge in [0, 0.05) is 5.02 Å². The van der Waals surface area contributed by atoms with E-state index in [0.29, 0.717) is 31.2 Å². The van der Waals surface area contributed by atoms with E-state index in [4.69, 9.17) is 21.1 Å². The minimum Gasteiger partial charge on any atom is -0.493 e. The summed E-state index contributed by atoms with van der Waals surface area (Å²) >= 11 is 5.95. The summed E-state index contributed by atoms with van der Waals surface area (Å²) in [4.78, 5) is 11.7. The van der Waals surface area contributed by atoms with Gasteiger partial charge < -0.3 is 14.8 Å². The summed E-state index contributed by atoms with van der Waals surface area (Å²) in [5.41, 5.74) is 0.964. The quantitative estimate of drug-likeness (QED) is 0.751. The number of benzene rings is 2. The predicted octanol–water partition coefficient (Wildman–Crippen LogP) is 3.61. The van der Waals surface area contributed by atoms with E-state index in [2.05, 4.69) is 5.32 Å². The molecule has 0 heterocycles. The van der Waals surface area contributed by atoms with Gasteiger partial charge in [-0.15, -0.1) is 0 Å². The molecule has 122 valence electrons. The molecule has 0 radical (unpaired) electrons. The molecule has 0 atom stereocenters. The molecule has 0 saturated heterocycles. The Labute approximate surface area is 141 Å². The van der Waals surface area contributed by atoms with Crippen LogP contribution in [0.4, 0.5) is 0 Å². The van der Waals surface area contributed by atoms with Crippen molar-refractivity contribution in [2.24, 2.45) is 0 Å². The van der Waals surface area contributed by atoms with Crippen molar-refractivity contribution < 1.29 is 14.3 Å². The molecule has 1 amide bonds. The van der Waals surface area contributed by atoms with Gasteiger partial charge in [0.25, 0.3) is 0 Å². The second kappa shape index (κ2) is 9.06. The Kier molecular flexibility index (Phi) is 6.76. The van der Waals surface area contributed by atoms with E-state index < -0.39 is 0 Å². The van der Waals surface area contributed by atoms with Crippen LogP contribution in [0.25, 0.3) is 0 Å². The molecule has 1 N–H and O–H groups in total. The summed E-state index contributed by atoms with van der Waals surface area (Å²) in [6.45, 7) is 3.13. The number of hydrogen-bond donors (Lipinski definition) is 1. The van der Waals surface area contributed by atoms with Crippen molar-refractivity contribution in [2.75, 3.05) is 19.8 Å². The first-order chi connectivity index (χ1) is 11.1. The van der Waals surface area contributed by atoms with Crippen LogP contribution in [0, 0.1) is 6.92 Å². The van der Waals surface area contributed by atoms with Crippen LogP contribution < -0.4 is 14.8 Å². The Morgan fingerprint density at radius 3 is 2.52 bits per heavy atom. The standard InChI is InChI=1S/C18H20ClNO3/c1-14-13-16(7-8-17(14)19)23-12-10-20-18(21)9-11-22-15-5-3-2-4-6-15/h2-8,13H,9-12H2,1H3,(H,20,21). The highest BCUT2D eigenvalue weighted by atomic mass is 35.5. The van der Waals surface area contributed by atoms with E-state index in [0.717, 1.165) is 17.1 Å². The van der Waals surface area contributed by atoms with Gasteiger partial charge in [0.2, 0.25) is 5.91 Å². The van der Waals surface area contributed by atoms with Gasteiger partial charge in [-0.2, -0.15) is 0 Å². The molecular formula is C18H20ClNO3. The number of nitrogens with one attached hydrogen (secondary N) is 1. The van der Waals surface area contributed by atoms with Crippen LogP contribution >= 0.6 is 11.6 Å². The highest BCUT2D eigenvalue weighted by Crippen LogP contribution is 2.20. The van der Waals surface area contributed by atoms with Crippen molar-refractivity contribution >= 4 is 17.5 Å². The minimum atomic E-state index is -0.0585. The highest BCUT2D eigenvalue weighted by molar-refractivity contribution is 6.31. The third-order valence-electron chi connectivity index (χ3n) is 3.16. The summed E-state index contributed by atoms with van der Waals surface area (Å²) < 4.78 is 11.0. The molecule has 0 bridgehead atoms. The topological polar surface area (TPSA) is 47.6 Å². The van der Waals surface area contributed by atoms with E-state index >= 15 is 0 Å². The zero-order valence-electron chi connectivity index (χ0n) is 13.0. The van der Waals surface area contributed by atoms with E-state index in [-0.39, 0.29) is 5.91 Å². The SMILES string of the molecule is Cc1cc(OCCNC(=O)CCOc2ccccc2)ccc1Cl. The van der Waals surface area contributed by atoms with Gasteiger partial charge in [0.15, 0.2) is 0 Å². The number of para-hydroxylation sites is 1. The van der Waals surface area contributed by atoms with E-state index in [9.17, 15) is 4.79 Å². The lowest BCUT2D eigenvalue weighted by molar-refractivity contribution is -0.121. The smallest absolute Gasteiger partial charge is 0.223 e. The number of ether oxygens (including phenoxy) is 2. The number of aryl methyl sites for hydroxylation is 1. The second-order valence-corrected chi connectivity index (χ2v) is 5.43. The minimum absolute atomic E-state index is 0.0585. The fraction of sp³-hybridized carbons (Fsp3) is 0.278. The number of halogens is 1. The molecule has 0 fully saturated rings. The molecule has 23 heavy (non-hydrogen) atoms. The lowest BCUT2D eigenvalue weighted by atomic mass is 10.2. The van der Waals surface area contributed by atoms with Gasteiger partial charge in [0.05, 0.1) is 19.6 Å². The van der Waals surface area contributed by atoms with Crippen LogP contribution in [0.3, 0.4) is 0 Å². The molecule has 5 heteroatoms. The number of carbonyl (C=O) groups is 1. The van der Waals surface area contributed by atoms with E-state index in [1.807, 2.05) is 49.4 Å². The van der Waals surface area contributed by atoms with Gasteiger partial charge in [-0.05, 0) is 42.8 Å². The zero-order chi connectivity index (χ0) is 16.5. The fourth-order valence-electron chi connectivity index (χ4n) is 1.93. The van der Waals surface area contributed by atoms with Crippen LogP contribution in [0.5, 0.6) is 11.5 Å². The molecule has 2 aromatic rings. The molecule has 0 spiro atoms. The summed E-state index contributed by atoms with van der Waals surface area (Å²) in [5, 5.41) is 3.51. The zero-order valence-corrected chi connectivity index (χ0v) is 13.8. The summed E-state index contributed by atoms with van der Waals surface area (Å²) in [6.07, 6.45) is 0.314. The molecule has 2 aromatic carbocycles. The van der Waals surface area contributed by atoms with Crippen molar-refractivity contribution in [3.8, 4) is 11.5 Å². The Morgan fingerprint density at radius 2 is 1.78 bits per heavy atom. The maximum Gasteiger partial charge on any atom is 0.223 e. The Hall–Kier alpha value is -2.20. The van der Waals surface area contributed by atoms with Gasteiger partial charge >= 0.3 is 0 Å². The average Bonchev–Trinajstić information content (AvgIpc) is 2.56. The van der Waals surface area contributed by atoms with Gasteiger partial charge in [-0.1, -0.05) is 29.8 Å². The first-order valence-corrected chi connectivity index (χ1v) is 7.86. The van der Waals surface area contributed by atoms with Crippen LogP contribution in [0.15, 0.2) is 48.5 Å². The van der Waals surface area contributed by atoms with Crippen LogP contribution in [-0.2, 0) is 4.79 Å². The molecule has 0 aliphatic carbocycles. The summed E-state index contributed by atoms with van der Waals surface area (Å²) in [5.74, 6) is 1.45. The van der Waals surface area contributed by atoms with E-state index in [1.165, 1.54) is 0 Å². The van der Waals surface area contributed by atoms with Crippen LogP contribution in [-0.4, -0.2) is 25.7 Å². The largest absolute Gasteiger partial charge is 0.493 e. The average molecular weight is 334 g/mol. The lowest BCUT2D eigenvalue weighted by Gasteiger charge is -2.09. The number of amides is 1. The number of carbonyl (C=O) groups excluding carboxylic acids is 1. The van der Waals surface area contributed by atoms with Crippen molar-refractivity contribution in [1.29, 1.82) is 0 Å². The number of hydrogen-bond acceptors (Lipinski definition) is 3. The van der Waals surface area contributed by atoms with Crippen molar-refractivity contribution in [2.45, 2.75) is 13.3 Å². The predicted molar refractivity (Wildman–Crippen MR) is 91.2 cm³/mol. The van der Waals surface area contributed by atoms with Gasteiger partial charge in [-0.3, -0.25) is 4.79 Å². The van der Waals surface area contributed by atoms with Crippen molar-refractivity contribution in [1.82, 2.24) is 5.32 Å². The summed E-state index contributed by atoms with van der Waals surface area (Å²) in [6, 6.07) is 14.9. The molecule has 0 unspecified atom stereocenters. The van der Waals surface area contributed by atoms with Gasteiger partial charge in [0.1, 0.15) is 18.1 Å². The third kappa shape index (κ3) is 6.20. The number of rotatable bonds is 8. The maximum absolute atomic E-state index is 11.7. The Morgan fingerprint density at radius 1 is 1.04 bits per heavy atom. The molecule has 4 nitrogen and oxygen atoms in total. The van der Waals surface area contributed by atoms with Crippen LogP contribution in [0.1, 0.15) is 12.0 Å². The van der Waals surface area contributed by atoms with Crippen molar-refractivity contribution in [3.63, 3.8) is 0 Å². The first-order valence-electron chi connectivity index (χ1n) is 7.48. The van der Waals surface area contributed by atoms with Gasteiger partial charge in [-0.25, -0.2) is 0 Å². The Bertz CT molecular complexity index is 631. The fourth-order valence-corrected chi connectivity index (χ4v) is 2.05. The lowest BCUT2D eigenvalue weighted by Crippen LogP contribution is -2.29. The van der Waals surface area contributed by atoms with E-state index in [1.54, 1.807) is 6.07 Å². The molecule has 0 aliphatic rings. The molecule has 0 aliphatic heterocycles. The second-order valence-electron chi connectivity index (χ2n) is 5.02. The molecule has 0 aromatic heterocycles. The third-order valence-corrected chi connectivity index (χ3v) is 3.59. The molecule has 2 rings (SSSR count). The van der Waals surface area contributed by atoms with Crippen LogP contribution in [0.2, 0.25) is 5.02 Å². The normalized spacial score (nSPS) is 10.2.